The largest absolute Gasteiger partial charge is 0.381 e. The lowest BCUT2D eigenvalue weighted by Crippen LogP contribution is -2.27. The molecule has 1 fully saturated rings. The number of ether oxygens (including phenoxy) is 1. The Balaban J connectivity index is 1.81. The van der Waals surface area contributed by atoms with Crippen molar-refractivity contribution < 1.29 is 4.74 Å². The zero-order valence-electron chi connectivity index (χ0n) is 10.5. The van der Waals surface area contributed by atoms with E-state index in [2.05, 4.69) is 18.3 Å². The van der Waals surface area contributed by atoms with E-state index < -0.39 is 0 Å². The van der Waals surface area contributed by atoms with Gasteiger partial charge in [0.1, 0.15) is 0 Å². The maximum atomic E-state index is 5.55. The molecule has 1 aliphatic heterocycles. The highest BCUT2D eigenvalue weighted by molar-refractivity contribution is 7.12. The lowest BCUT2D eigenvalue weighted by Gasteiger charge is -2.22. The molecule has 2 aliphatic rings. The van der Waals surface area contributed by atoms with Crippen LogP contribution in [0.2, 0.25) is 0 Å². The van der Waals surface area contributed by atoms with Crippen molar-refractivity contribution in [2.75, 3.05) is 19.8 Å². The van der Waals surface area contributed by atoms with Crippen LogP contribution in [0.4, 0.5) is 0 Å². The third kappa shape index (κ3) is 2.28. The van der Waals surface area contributed by atoms with Gasteiger partial charge < -0.3 is 10.1 Å². The van der Waals surface area contributed by atoms with Crippen LogP contribution in [0.3, 0.4) is 0 Å². The molecule has 0 amide bonds. The van der Waals surface area contributed by atoms with Crippen LogP contribution in [-0.2, 0) is 17.6 Å². The number of thiophene rings is 1. The van der Waals surface area contributed by atoms with Gasteiger partial charge in [-0.25, -0.2) is 0 Å². The van der Waals surface area contributed by atoms with Gasteiger partial charge in [0.15, 0.2) is 0 Å². The van der Waals surface area contributed by atoms with Gasteiger partial charge in [-0.15, -0.1) is 11.3 Å². The van der Waals surface area contributed by atoms with E-state index in [0.29, 0.717) is 12.0 Å². The first-order valence-corrected chi connectivity index (χ1v) is 7.62. The summed E-state index contributed by atoms with van der Waals surface area (Å²) in [5.74, 6) is 0.675. The Bertz CT molecular complexity index is 360. The Hall–Kier alpha value is -0.380. The number of fused-ring (bicyclic) bond motifs is 1. The molecule has 1 aromatic heterocycles. The molecule has 1 aliphatic carbocycles. The highest BCUT2D eigenvalue weighted by Gasteiger charge is 2.29. The Morgan fingerprint density at radius 2 is 2.47 bits per heavy atom. The summed E-state index contributed by atoms with van der Waals surface area (Å²) < 4.78 is 5.55. The van der Waals surface area contributed by atoms with Gasteiger partial charge in [0.2, 0.25) is 0 Å². The van der Waals surface area contributed by atoms with Crippen LogP contribution in [0.15, 0.2) is 6.07 Å². The van der Waals surface area contributed by atoms with E-state index in [1.807, 2.05) is 11.3 Å². The number of rotatable bonds is 4. The summed E-state index contributed by atoms with van der Waals surface area (Å²) in [6, 6.07) is 2.98. The van der Waals surface area contributed by atoms with Crippen LogP contribution in [0.5, 0.6) is 0 Å². The molecular weight excluding hydrogens is 230 g/mol. The van der Waals surface area contributed by atoms with E-state index in [1.165, 1.54) is 25.7 Å². The lowest BCUT2D eigenvalue weighted by molar-refractivity contribution is 0.177. The maximum absolute atomic E-state index is 5.55. The minimum absolute atomic E-state index is 0.526. The first-order chi connectivity index (χ1) is 8.38. The van der Waals surface area contributed by atoms with Crippen molar-refractivity contribution in [3.05, 3.63) is 21.4 Å². The lowest BCUT2D eigenvalue weighted by atomic mass is 9.97. The van der Waals surface area contributed by atoms with Crippen LogP contribution in [0.1, 0.15) is 41.1 Å². The predicted molar refractivity (Wildman–Crippen MR) is 71.7 cm³/mol. The molecule has 0 saturated carbocycles. The molecule has 2 atom stereocenters. The predicted octanol–water partition coefficient (Wildman–Crippen LogP) is 2.92. The second-order valence-corrected chi connectivity index (χ2v) is 6.28. The van der Waals surface area contributed by atoms with Crippen molar-refractivity contribution in [1.82, 2.24) is 5.32 Å². The van der Waals surface area contributed by atoms with Gasteiger partial charge in [0, 0.05) is 28.3 Å². The fourth-order valence-corrected chi connectivity index (χ4v) is 4.47. The molecule has 0 aromatic carbocycles. The average molecular weight is 251 g/mol. The van der Waals surface area contributed by atoms with Gasteiger partial charge in [-0.3, -0.25) is 0 Å². The monoisotopic (exact) mass is 251 g/mol. The average Bonchev–Trinajstić information content (AvgIpc) is 3.01. The quantitative estimate of drug-likeness (QED) is 0.888. The van der Waals surface area contributed by atoms with Crippen LogP contribution in [0, 0.1) is 5.92 Å². The number of nitrogens with one attached hydrogen (secondary N) is 1. The van der Waals surface area contributed by atoms with Crippen molar-refractivity contribution in [2.24, 2.45) is 5.92 Å². The number of hydrogen-bond donors (Lipinski definition) is 1. The molecule has 0 radical (unpaired) electrons. The van der Waals surface area contributed by atoms with Crippen LogP contribution in [-0.4, -0.2) is 19.8 Å². The third-order valence-corrected chi connectivity index (χ3v) is 5.25. The van der Waals surface area contributed by atoms with Gasteiger partial charge in [0.25, 0.3) is 0 Å². The fraction of sp³-hybridized carbons (Fsp3) is 0.714. The first-order valence-electron chi connectivity index (χ1n) is 6.81. The van der Waals surface area contributed by atoms with Crippen molar-refractivity contribution in [3.8, 4) is 0 Å². The van der Waals surface area contributed by atoms with Crippen molar-refractivity contribution in [1.29, 1.82) is 0 Å². The number of aryl methyl sites for hydroxylation is 2. The van der Waals surface area contributed by atoms with Gasteiger partial charge in [-0.2, -0.15) is 0 Å². The van der Waals surface area contributed by atoms with Gasteiger partial charge in [-0.1, -0.05) is 6.92 Å². The van der Waals surface area contributed by atoms with Gasteiger partial charge >= 0.3 is 0 Å². The van der Waals surface area contributed by atoms with E-state index in [0.717, 1.165) is 19.8 Å². The standard InChI is InChI=1S/C14H21NOS/c1-2-15-14(11-6-7-16-9-11)13-8-10-4-3-5-12(10)17-13/h8,11,14-15H,2-7,9H2,1H3. The summed E-state index contributed by atoms with van der Waals surface area (Å²) in [6.45, 7) is 5.12. The van der Waals surface area contributed by atoms with E-state index >= 15 is 0 Å². The second-order valence-electron chi connectivity index (χ2n) is 5.11. The highest BCUT2D eigenvalue weighted by Crippen LogP contribution is 2.38. The molecule has 1 aromatic rings. The summed E-state index contributed by atoms with van der Waals surface area (Å²) in [5.41, 5.74) is 1.62. The summed E-state index contributed by atoms with van der Waals surface area (Å²) in [7, 11) is 0. The molecule has 3 heteroatoms. The van der Waals surface area contributed by atoms with Gasteiger partial charge in [0.05, 0.1) is 6.61 Å². The van der Waals surface area contributed by atoms with Crippen LogP contribution >= 0.6 is 11.3 Å². The Morgan fingerprint density at radius 3 is 3.18 bits per heavy atom. The first kappa shape index (κ1) is 11.7. The maximum Gasteiger partial charge on any atom is 0.0513 e. The molecule has 94 valence electrons. The summed E-state index contributed by atoms with van der Waals surface area (Å²) >= 11 is 2.04. The highest BCUT2D eigenvalue weighted by atomic mass is 32.1. The molecule has 0 spiro atoms. The van der Waals surface area contributed by atoms with E-state index in [1.54, 1.807) is 15.3 Å². The molecule has 3 rings (SSSR count). The Labute approximate surface area is 107 Å². The Morgan fingerprint density at radius 1 is 1.53 bits per heavy atom. The van der Waals surface area contributed by atoms with Crippen LogP contribution in [0.25, 0.3) is 0 Å². The fourth-order valence-electron chi connectivity index (χ4n) is 3.04. The van der Waals surface area contributed by atoms with Crippen molar-refractivity contribution >= 4 is 11.3 Å². The van der Waals surface area contributed by atoms with Crippen molar-refractivity contribution in [2.45, 2.75) is 38.6 Å². The number of hydrogen-bond acceptors (Lipinski definition) is 3. The zero-order chi connectivity index (χ0) is 11.7. The Kier molecular flexibility index (Phi) is 3.50. The van der Waals surface area contributed by atoms with Crippen LogP contribution < -0.4 is 5.32 Å². The smallest absolute Gasteiger partial charge is 0.0513 e. The minimum Gasteiger partial charge on any atom is -0.381 e. The van der Waals surface area contributed by atoms with Crippen molar-refractivity contribution in [3.63, 3.8) is 0 Å². The molecule has 2 unspecified atom stereocenters. The summed E-state index contributed by atoms with van der Waals surface area (Å²) in [6.07, 6.45) is 5.17. The molecule has 0 bridgehead atoms. The summed E-state index contributed by atoms with van der Waals surface area (Å²) in [4.78, 5) is 3.19. The molecule has 1 N–H and O–H groups in total. The zero-order valence-corrected chi connectivity index (χ0v) is 11.3. The van der Waals surface area contributed by atoms with E-state index in [4.69, 9.17) is 4.74 Å². The normalized spacial score (nSPS) is 25.1. The SMILES string of the molecule is CCNC(c1cc2c(s1)CCC2)C1CCOC1. The van der Waals surface area contributed by atoms with E-state index in [-0.39, 0.29) is 0 Å². The van der Waals surface area contributed by atoms with Gasteiger partial charge in [-0.05, 0) is 43.9 Å². The summed E-state index contributed by atoms with van der Waals surface area (Å²) in [5, 5.41) is 3.66. The molecule has 1 saturated heterocycles. The van der Waals surface area contributed by atoms with E-state index in [9.17, 15) is 0 Å². The second kappa shape index (κ2) is 5.09. The molecular formula is C14H21NOS. The molecule has 2 heterocycles. The molecule has 2 nitrogen and oxygen atoms in total. The molecule has 17 heavy (non-hydrogen) atoms. The minimum atomic E-state index is 0.526. The third-order valence-electron chi connectivity index (χ3n) is 3.93. The topological polar surface area (TPSA) is 21.3 Å².